The molecule has 9 heteroatoms. The van der Waals surface area contributed by atoms with Crippen molar-refractivity contribution in [3.63, 3.8) is 0 Å². The Bertz CT molecular complexity index is 636. The monoisotopic (exact) mass is 336 g/mol. The van der Waals surface area contributed by atoms with E-state index in [4.69, 9.17) is 5.11 Å². The Morgan fingerprint density at radius 1 is 1.04 bits per heavy atom. The molecular weight excluding hydrogens is 321 g/mol. The first-order valence-electron chi connectivity index (χ1n) is 5.90. The summed E-state index contributed by atoms with van der Waals surface area (Å²) in [4.78, 5) is 17.5. The van der Waals surface area contributed by atoms with Gasteiger partial charge >= 0.3 is 35.5 Å². The standard InChI is InChI=1S/C8H8FNO2.C6H6FNO.Na.H2O/c1-5-7(9)3-10-4-8(5)12-6(2)11;1-4-5(7)2-8-3-6(4)9;;/h3-4H,1-2H3;2-3,9H,1H3;;1H2/q;;+1;/p-1. The molecule has 0 amide bonds. The van der Waals surface area contributed by atoms with E-state index in [-0.39, 0.29) is 52.1 Å². The van der Waals surface area contributed by atoms with Gasteiger partial charge in [-0.1, -0.05) is 0 Å². The van der Waals surface area contributed by atoms with Crippen molar-refractivity contribution in [2.24, 2.45) is 0 Å². The van der Waals surface area contributed by atoms with Gasteiger partial charge in [0.2, 0.25) is 0 Å². The van der Waals surface area contributed by atoms with E-state index in [9.17, 15) is 13.6 Å². The average Bonchev–Trinajstić information content (AvgIpc) is 2.41. The van der Waals surface area contributed by atoms with Crippen molar-refractivity contribution >= 4 is 5.97 Å². The summed E-state index contributed by atoms with van der Waals surface area (Å²) in [5.74, 6) is -1.37. The minimum Gasteiger partial charge on any atom is -0.870 e. The molecule has 0 aliphatic heterocycles. The van der Waals surface area contributed by atoms with Crippen LogP contribution in [0.2, 0.25) is 0 Å². The molecule has 0 spiro atoms. The van der Waals surface area contributed by atoms with Crippen molar-refractivity contribution in [3.05, 3.63) is 47.5 Å². The summed E-state index contributed by atoms with van der Waals surface area (Å²) in [6.07, 6.45) is 4.65. The summed E-state index contributed by atoms with van der Waals surface area (Å²) in [6, 6.07) is 0. The average molecular weight is 336 g/mol. The number of nitrogens with zero attached hydrogens (tertiary/aromatic N) is 2. The summed E-state index contributed by atoms with van der Waals surface area (Å²) >= 11 is 0. The molecule has 0 fully saturated rings. The number of hydrogen-bond donors (Lipinski definition) is 1. The van der Waals surface area contributed by atoms with Crippen LogP contribution in [0.15, 0.2) is 24.8 Å². The third-order valence-electron chi connectivity index (χ3n) is 2.49. The molecule has 0 aliphatic carbocycles. The van der Waals surface area contributed by atoms with Crippen LogP contribution in [0.3, 0.4) is 0 Å². The number of pyridine rings is 2. The zero-order chi connectivity index (χ0) is 16.0. The van der Waals surface area contributed by atoms with Crippen LogP contribution in [0.25, 0.3) is 0 Å². The van der Waals surface area contributed by atoms with Crippen molar-refractivity contribution in [3.8, 4) is 11.5 Å². The number of aromatic hydroxyl groups is 1. The number of ether oxygens (including phenoxy) is 1. The van der Waals surface area contributed by atoms with Gasteiger partial charge in [0.15, 0.2) is 5.75 Å². The minimum atomic E-state index is -0.481. The van der Waals surface area contributed by atoms with Crippen LogP contribution in [0.1, 0.15) is 18.1 Å². The number of carbonyl (C=O) groups is 1. The Kier molecular flexibility index (Phi) is 11.3. The van der Waals surface area contributed by atoms with Gasteiger partial charge in [-0.25, -0.2) is 8.78 Å². The number of rotatable bonds is 1. The second-order valence-corrected chi connectivity index (χ2v) is 4.10. The van der Waals surface area contributed by atoms with Crippen LogP contribution in [-0.4, -0.2) is 26.5 Å². The Balaban J connectivity index is 0. The number of aromatic nitrogens is 2. The molecule has 0 atom stereocenters. The molecule has 120 valence electrons. The molecule has 2 heterocycles. The molecule has 0 unspecified atom stereocenters. The van der Waals surface area contributed by atoms with E-state index in [1.165, 1.54) is 33.2 Å². The largest absolute Gasteiger partial charge is 1.00 e. The fraction of sp³-hybridized carbons (Fsp3) is 0.214. The summed E-state index contributed by atoms with van der Waals surface area (Å²) in [7, 11) is 0. The molecule has 0 radical (unpaired) electrons. The van der Waals surface area contributed by atoms with Gasteiger partial charge in [-0.2, -0.15) is 0 Å². The predicted molar refractivity (Wildman–Crippen MR) is 72.8 cm³/mol. The molecule has 0 bridgehead atoms. The zero-order valence-electron chi connectivity index (χ0n) is 13.2. The molecule has 2 rings (SSSR count). The second-order valence-electron chi connectivity index (χ2n) is 4.10. The van der Waals surface area contributed by atoms with Crippen LogP contribution in [0.5, 0.6) is 11.5 Å². The Morgan fingerprint density at radius 3 is 1.96 bits per heavy atom. The Morgan fingerprint density at radius 2 is 1.52 bits per heavy atom. The van der Waals surface area contributed by atoms with Crippen molar-refractivity contribution in [2.45, 2.75) is 20.8 Å². The van der Waals surface area contributed by atoms with Gasteiger partial charge in [-0.05, 0) is 13.8 Å². The van der Waals surface area contributed by atoms with Crippen molar-refractivity contribution in [1.82, 2.24) is 9.97 Å². The van der Waals surface area contributed by atoms with E-state index < -0.39 is 17.6 Å². The van der Waals surface area contributed by atoms with Crippen LogP contribution >= 0.6 is 0 Å². The summed E-state index contributed by atoms with van der Waals surface area (Å²) < 4.78 is 29.8. The smallest absolute Gasteiger partial charge is 0.870 e. The molecule has 0 saturated carbocycles. The number of halogens is 2. The second kappa shape index (κ2) is 11.0. The van der Waals surface area contributed by atoms with Crippen LogP contribution in [-0.2, 0) is 4.79 Å². The molecule has 2 aromatic rings. The third-order valence-corrected chi connectivity index (χ3v) is 2.49. The molecular formula is C14H15F2N2NaO4. The molecule has 0 aromatic carbocycles. The van der Waals surface area contributed by atoms with Gasteiger partial charge in [0.25, 0.3) is 0 Å². The molecule has 23 heavy (non-hydrogen) atoms. The molecule has 0 aliphatic rings. The van der Waals surface area contributed by atoms with Gasteiger partial charge in [0.1, 0.15) is 17.4 Å². The summed E-state index contributed by atoms with van der Waals surface area (Å²) in [6.45, 7) is 4.27. The fourth-order valence-electron chi connectivity index (χ4n) is 1.23. The molecule has 2 aromatic heterocycles. The first-order valence-corrected chi connectivity index (χ1v) is 5.90. The maximum Gasteiger partial charge on any atom is 1.00 e. The summed E-state index contributed by atoms with van der Waals surface area (Å²) in [5.41, 5.74) is 0.533. The maximum atomic E-state index is 12.8. The van der Waals surface area contributed by atoms with Crippen LogP contribution in [0.4, 0.5) is 8.78 Å². The fourth-order valence-corrected chi connectivity index (χ4v) is 1.23. The molecule has 6 nitrogen and oxygen atoms in total. The zero-order valence-corrected chi connectivity index (χ0v) is 15.2. The van der Waals surface area contributed by atoms with Crippen molar-refractivity contribution in [2.75, 3.05) is 0 Å². The number of carbonyl (C=O) groups excluding carboxylic acids is 1. The minimum absolute atomic E-state index is 0. The van der Waals surface area contributed by atoms with E-state index in [1.54, 1.807) is 0 Å². The SMILES string of the molecule is CC(=O)Oc1cncc(F)c1C.Cc1c(O)cncc1F.[Na+].[OH-]. The number of esters is 1. The van der Waals surface area contributed by atoms with E-state index in [0.717, 1.165) is 12.4 Å². The Hall–Kier alpha value is -1.61. The van der Waals surface area contributed by atoms with Crippen LogP contribution in [0, 0.1) is 25.5 Å². The van der Waals surface area contributed by atoms with Crippen LogP contribution < -0.4 is 34.3 Å². The van der Waals surface area contributed by atoms with Gasteiger partial charge in [-0.15, -0.1) is 0 Å². The molecule has 2 N–H and O–H groups in total. The molecule has 0 saturated heterocycles. The topological polar surface area (TPSA) is 102 Å². The van der Waals surface area contributed by atoms with Gasteiger partial charge in [0, 0.05) is 18.1 Å². The van der Waals surface area contributed by atoms with Gasteiger partial charge in [0.05, 0.1) is 24.8 Å². The first-order chi connectivity index (χ1) is 9.82. The third kappa shape index (κ3) is 7.47. The maximum absolute atomic E-state index is 12.8. The van der Waals surface area contributed by atoms with E-state index in [0.29, 0.717) is 5.56 Å². The van der Waals surface area contributed by atoms with E-state index in [2.05, 4.69) is 14.7 Å². The van der Waals surface area contributed by atoms with E-state index in [1.807, 2.05) is 0 Å². The predicted octanol–water partition coefficient (Wildman–Crippen LogP) is -0.484. The first kappa shape index (κ1) is 23.7. The Labute approximate surface area is 154 Å². The van der Waals surface area contributed by atoms with Crippen molar-refractivity contribution < 1.29 is 58.5 Å². The normalized spacial score (nSPS) is 8.74. The van der Waals surface area contributed by atoms with Gasteiger partial charge < -0.3 is 15.3 Å². The quantitative estimate of drug-likeness (QED) is 0.557. The number of hydrogen-bond acceptors (Lipinski definition) is 6. The van der Waals surface area contributed by atoms with Gasteiger partial charge in [-0.3, -0.25) is 14.8 Å². The van der Waals surface area contributed by atoms with E-state index >= 15 is 0 Å². The summed E-state index contributed by atoms with van der Waals surface area (Å²) in [5, 5.41) is 8.80. The van der Waals surface area contributed by atoms with Crippen molar-refractivity contribution in [1.29, 1.82) is 0 Å².